The molecule has 6 heteroatoms. The quantitative estimate of drug-likeness (QED) is 0.798. The Kier molecular flexibility index (Phi) is 2.56. The lowest BCUT2D eigenvalue weighted by Crippen LogP contribution is -2.49. The number of amides is 3. The lowest BCUT2D eigenvalue weighted by atomic mass is 10.1. The van der Waals surface area contributed by atoms with E-state index < -0.39 is 6.03 Å². The van der Waals surface area contributed by atoms with Crippen molar-refractivity contribution in [3.8, 4) is 0 Å². The first-order valence-electron chi connectivity index (χ1n) is 5.87. The summed E-state index contributed by atoms with van der Waals surface area (Å²) in [7, 11) is 0. The maximum atomic E-state index is 11.7. The first-order chi connectivity index (χ1) is 9.19. The summed E-state index contributed by atoms with van der Waals surface area (Å²) in [6.45, 7) is 0.359. The van der Waals surface area contributed by atoms with Crippen LogP contribution >= 0.6 is 0 Å². The molecule has 1 saturated heterocycles. The van der Waals surface area contributed by atoms with Crippen molar-refractivity contribution < 1.29 is 14.4 Å². The number of carbonyl (C=O) groups is 3. The number of rotatable bonds is 2. The molecule has 0 saturated carbocycles. The molecule has 2 N–H and O–H groups in total. The fourth-order valence-electron chi connectivity index (χ4n) is 2.21. The van der Waals surface area contributed by atoms with Crippen molar-refractivity contribution in [3.05, 3.63) is 30.0 Å². The number of aromatic amines is 1. The molecule has 3 amide bonds. The maximum absolute atomic E-state index is 11.7. The summed E-state index contributed by atoms with van der Waals surface area (Å²) in [5.41, 5.74) is 2.06. The van der Waals surface area contributed by atoms with Gasteiger partial charge in [-0.05, 0) is 12.1 Å². The highest BCUT2D eigenvalue weighted by molar-refractivity contribution is 6.07. The monoisotopic (exact) mass is 257 g/mol. The van der Waals surface area contributed by atoms with E-state index in [1.54, 1.807) is 24.4 Å². The van der Waals surface area contributed by atoms with E-state index in [9.17, 15) is 14.4 Å². The van der Waals surface area contributed by atoms with E-state index >= 15 is 0 Å². The number of nitrogens with one attached hydrogen (secondary N) is 2. The van der Waals surface area contributed by atoms with Crippen LogP contribution in [0.15, 0.2) is 24.4 Å². The SMILES string of the molecule is O=Cc1c[nH]c2cc(N3CCC(=O)NC3=O)ccc12. The van der Waals surface area contributed by atoms with Crippen LogP contribution in [0.1, 0.15) is 16.8 Å². The summed E-state index contributed by atoms with van der Waals surface area (Å²) in [5.74, 6) is -0.259. The molecular formula is C13H11N3O3. The van der Waals surface area contributed by atoms with Crippen LogP contribution in [0.4, 0.5) is 10.5 Å². The van der Waals surface area contributed by atoms with Crippen molar-refractivity contribution in [1.82, 2.24) is 10.3 Å². The van der Waals surface area contributed by atoms with Crippen LogP contribution in [0.3, 0.4) is 0 Å². The van der Waals surface area contributed by atoms with E-state index in [2.05, 4.69) is 10.3 Å². The first kappa shape index (κ1) is 11.5. The van der Waals surface area contributed by atoms with Crippen molar-refractivity contribution in [2.24, 2.45) is 0 Å². The Morgan fingerprint density at radius 2 is 2.11 bits per heavy atom. The van der Waals surface area contributed by atoms with Gasteiger partial charge in [0.15, 0.2) is 6.29 Å². The minimum atomic E-state index is -0.419. The fourth-order valence-corrected chi connectivity index (χ4v) is 2.21. The van der Waals surface area contributed by atoms with Gasteiger partial charge in [0.25, 0.3) is 0 Å². The third-order valence-corrected chi connectivity index (χ3v) is 3.19. The Bertz CT molecular complexity index is 689. The molecule has 1 aliphatic rings. The Balaban J connectivity index is 1.99. The van der Waals surface area contributed by atoms with Crippen molar-refractivity contribution in [2.75, 3.05) is 11.4 Å². The molecule has 96 valence electrons. The molecule has 2 aromatic rings. The lowest BCUT2D eigenvalue weighted by molar-refractivity contribution is -0.120. The average Bonchev–Trinajstić information content (AvgIpc) is 2.80. The van der Waals surface area contributed by atoms with Crippen molar-refractivity contribution >= 4 is 34.8 Å². The number of hydrogen-bond donors (Lipinski definition) is 2. The van der Waals surface area contributed by atoms with E-state index in [-0.39, 0.29) is 12.3 Å². The lowest BCUT2D eigenvalue weighted by Gasteiger charge is -2.26. The summed E-state index contributed by atoms with van der Waals surface area (Å²) >= 11 is 0. The summed E-state index contributed by atoms with van der Waals surface area (Å²) in [4.78, 5) is 38.1. The number of imide groups is 1. The zero-order valence-electron chi connectivity index (χ0n) is 9.97. The summed E-state index contributed by atoms with van der Waals surface area (Å²) in [5, 5.41) is 3.09. The van der Waals surface area contributed by atoms with Gasteiger partial charge in [0.1, 0.15) is 0 Å². The highest BCUT2D eigenvalue weighted by Crippen LogP contribution is 2.24. The zero-order chi connectivity index (χ0) is 13.4. The number of carbonyl (C=O) groups excluding carboxylic acids is 3. The van der Waals surface area contributed by atoms with Crippen LogP contribution in [0.25, 0.3) is 10.9 Å². The molecule has 0 radical (unpaired) electrons. The first-order valence-corrected chi connectivity index (χ1v) is 5.87. The van der Waals surface area contributed by atoms with Gasteiger partial charge >= 0.3 is 6.03 Å². The maximum Gasteiger partial charge on any atom is 0.328 e. The average molecular weight is 257 g/mol. The van der Waals surface area contributed by atoms with Gasteiger partial charge in [-0.2, -0.15) is 0 Å². The number of aldehydes is 1. The molecule has 1 aliphatic heterocycles. The molecule has 19 heavy (non-hydrogen) atoms. The highest BCUT2D eigenvalue weighted by Gasteiger charge is 2.24. The summed E-state index contributed by atoms with van der Waals surface area (Å²) in [6.07, 6.45) is 2.69. The molecular weight excluding hydrogens is 246 g/mol. The topological polar surface area (TPSA) is 82.3 Å². The molecule has 0 atom stereocenters. The second-order valence-electron chi connectivity index (χ2n) is 4.35. The van der Waals surface area contributed by atoms with Crippen LogP contribution in [0.2, 0.25) is 0 Å². The number of fused-ring (bicyclic) bond motifs is 1. The molecule has 0 bridgehead atoms. The van der Waals surface area contributed by atoms with Gasteiger partial charge in [-0.1, -0.05) is 6.07 Å². The van der Waals surface area contributed by atoms with Gasteiger partial charge in [-0.15, -0.1) is 0 Å². The molecule has 0 aliphatic carbocycles. The Labute approximate surface area is 108 Å². The van der Waals surface area contributed by atoms with Gasteiger partial charge < -0.3 is 4.98 Å². The number of anilines is 1. The third-order valence-electron chi connectivity index (χ3n) is 3.19. The van der Waals surface area contributed by atoms with Crippen LogP contribution in [0.5, 0.6) is 0 Å². The molecule has 1 aromatic carbocycles. The standard InChI is InChI=1S/C13H11N3O3/c17-7-8-6-14-11-5-9(1-2-10(8)11)16-4-3-12(18)15-13(16)19/h1-2,5-7,14H,3-4H2,(H,15,18,19). The molecule has 0 spiro atoms. The number of H-pyrrole nitrogens is 1. The normalized spacial score (nSPS) is 15.7. The van der Waals surface area contributed by atoms with Crippen molar-refractivity contribution in [1.29, 1.82) is 0 Å². The minimum Gasteiger partial charge on any atom is -0.360 e. The fraction of sp³-hybridized carbons (Fsp3) is 0.154. The number of hydrogen-bond acceptors (Lipinski definition) is 3. The van der Waals surface area contributed by atoms with E-state index in [0.717, 1.165) is 17.2 Å². The Hall–Kier alpha value is -2.63. The van der Waals surface area contributed by atoms with E-state index in [1.165, 1.54) is 4.90 Å². The van der Waals surface area contributed by atoms with Gasteiger partial charge in [0.05, 0.1) is 0 Å². The molecule has 6 nitrogen and oxygen atoms in total. The number of urea groups is 1. The smallest absolute Gasteiger partial charge is 0.328 e. The van der Waals surface area contributed by atoms with Gasteiger partial charge in [0, 0.05) is 41.3 Å². The largest absolute Gasteiger partial charge is 0.360 e. The van der Waals surface area contributed by atoms with Gasteiger partial charge in [0.2, 0.25) is 5.91 Å². The number of aromatic nitrogens is 1. The van der Waals surface area contributed by atoms with E-state index in [4.69, 9.17) is 0 Å². The summed E-state index contributed by atoms with van der Waals surface area (Å²) < 4.78 is 0. The number of benzene rings is 1. The van der Waals surface area contributed by atoms with Crippen molar-refractivity contribution in [3.63, 3.8) is 0 Å². The second kappa shape index (κ2) is 4.24. The van der Waals surface area contributed by atoms with E-state index in [0.29, 0.717) is 17.8 Å². The van der Waals surface area contributed by atoms with Crippen LogP contribution < -0.4 is 10.2 Å². The Morgan fingerprint density at radius 3 is 2.84 bits per heavy atom. The molecule has 0 unspecified atom stereocenters. The third kappa shape index (κ3) is 1.87. The van der Waals surface area contributed by atoms with Crippen molar-refractivity contribution in [2.45, 2.75) is 6.42 Å². The Morgan fingerprint density at radius 1 is 1.26 bits per heavy atom. The van der Waals surface area contributed by atoms with Crippen LogP contribution in [-0.4, -0.2) is 29.8 Å². The predicted octanol–water partition coefficient (Wildman–Crippen LogP) is 1.43. The zero-order valence-corrected chi connectivity index (χ0v) is 9.97. The highest BCUT2D eigenvalue weighted by atomic mass is 16.2. The number of nitrogens with zero attached hydrogens (tertiary/aromatic N) is 1. The molecule has 2 heterocycles. The van der Waals surface area contributed by atoms with Gasteiger partial charge in [-0.3, -0.25) is 19.8 Å². The second-order valence-corrected chi connectivity index (χ2v) is 4.35. The minimum absolute atomic E-state index is 0.259. The van der Waals surface area contributed by atoms with Gasteiger partial charge in [-0.25, -0.2) is 4.79 Å². The van der Waals surface area contributed by atoms with Crippen LogP contribution in [0, 0.1) is 0 Å². The van der Waals surface area contributed by atoms with E-state index in [1.807, 2.05) is 0 Å². The predicted molar refractivity (Wildman–Crippen MR) is 69.2 cm³/mol. The molecule has 1 aromatic heterocycles. The summed E-state index contributed by atoms with van der Waals surface area (Å²) in [6, 6.07) is 4.92. The molecule has 1 fully saturated rings. The van der Waals surface area contributed by atoms with Crippen LogP contribution in [-0.2, 0) is 4.79 Å². The molecule has 3 rings (SSSR count).